The summed E-state index contributed by atoms with van der Waals surface area (Å²) in [5.41, 5.74) is 2.51. The van der Waals surface area contributed by atoms with Crippen LogP contribution in [0, 0.1) is 0 Å². The minimum Gasteiger partial charge on any atom is -1.00 e. The van der Waals surface area contributed by atoms with Crippen LogP contribution >= 0.6 is 11.7 Å². The van der Waals surface area contributed by atoms with E-state index < -0.39 is 5.97 Å². The number of halogens is 1. The molecule has 0 spiro atoms. The van der Waals surface area contributed by atoms with Gasteiger partial charge >= 0.3 is 11.9 Å². The number of esters is 2. The van der Waals surface area contributed by atoms with Gasteiger partial charge in [-0.25, -0.2) is 0 Å². The average molecular weight is 644 g/mol. The fraction of sp³-hybridized carbons (Fsp3) is 0.556. The van der Waals surface area contributed by atoms with Gasteiger partial charge in [-0.05, 0) is 12.5 Å². The molecule has 0 radical (unpaired) electrons. The van der Waals surface area contributed by atoms with E-state index in [4.69, 9.17) is 14.2 Å². The Kier molecular flexibility index (Phi) is 13.0. The highest BCUT2D eigenvalue weighted by atomic mass is 127. The molecule has 1 aromatic heterocycles. The molecule has 0 aliphatic carbocycles. The molecule has 2 atom stereocenters. The third-order valence-electron chi connectivity index (χ3n) is 6.43. The van der Waals surface area contributed by atoms with E-state index in [1.165, 1.54) is 31.5 Å². The Bertz CT molecular complexity index is 1060. The first-order chi connectivity index (χ1) is 17.4. The highest BCUT2D eigenvalue weighted by molar-refractivity contribution is 6.99. The summed E-state index contributed by atoms with van der Waals surface area (Å²) in [5.74, 6) is 0.220. The standard InChI is InChI=1S/C27H38N3O5S.HI/c1-5-7-8-11-17-33-27-26(28-36-29-27)22-14-12-16-30(4,19-22)24(6-2)35-25(32)18-21-13-9-10-15-23(21)34-20(3)31;/h9-10,13-15,24H,5-8,11-12,16-19H2,1-4H3;1H/q+1;/p-1. The molecule has 10 heteroatoms. The van der Waals surface area contributed by atoms with E-state index in [0.717, 1.165) is 37.1 Å². The summed E-state index contributed by atoms with van der Waals surface area (Å²) in [4.78, 5) is 24.3. The van der Waals surface area contributed by atoms with Gasteiger partial charge in [0.05, 0.1) is 38.3 Å². The van der Waals surface area contributed by atoms with Gasteiger partial charge in [0.1, 0.15) is 18.0 Å². The maximum absolute atomic E-state index is 12.9. The van der Waals surface area contributed by atoms with Gasteiger partial charge in [-0.1, -0.05) is 57.4 Å². The lowest BCUT2D eigenvalue weighted by molar-refractivity contribution is -0.947. The number of hydrogen-bond donors (Lipinski definition) is 0. The molecule has 37 heavy (non-hydrogen) atoms. The van der Waals surface area contributed by atoms with Crippen molar-refractivity contribution in [1.29, 1.82) is 0 Å². The molecule has 0 fully saturated rings. The number of carbonyl (C=O) groups excluding carboxylic acids is 2. The van der Waals surface area contributed by atoms with Gasteiger partial charge in [0.15, 0.2) is 0 Å². The number of unbranched alkanes of at least 4 members (excludes halogenated alkanes) is 3. The van der Waals surface area contributed by atoms with Gasteiger partial charge in [-0.2, -0.15) is 4.37 Å². The number of para-hydroxylation sites is 1. The van der Waals surface area contributed by atoms with Crippen molar-refractivity contribution in [1.82, 2.24) is 8.75 Å². The van der Waals surface area contributed by atoms with Crippen molar-refractivity contribution in [2.75, 3.05) is 26.7 Å². The normalized spacial score (nSPS) is 17.8. The molecule has 3 rings (SSSR count). The summed E-state index contributed by atoms with van der Waals surface area (Å²) in [6.07, 6.45) is 8.00. The van der Waals surface area contributed by atoms with Crippen molar-refractivity contribution in [2.45, 2.75) is 71.9 Å². The van der Waals surface area contributed by atoms with Crippen LogP contribution < -0.4 is 33.5 Å². The summed E-state index contributed by atoms with van der Waals surface area (Å²) in [6.45, 7) is 7.73. The summed E-state index contributed by atoms with van der Waals surface area (Å²) >= 11 is 1.17. The first-order valence-electron chi connectivity index (χ1n) is 12.8. The van der Waals surface area contributed by atoms with Crippen molar-refractivity contribution in [3.8, 4) is 11.6 Å². The first kappa shape index (κ1) is 31.2. The number of carbonyl (C=O) groups is 2. The molecule has 2 unspecified atom stereocenters. The van der Waals surface area contributed by atoms with Crippen molar-refractivity contribution in [3.63, 3.8) is 0 Å². The molecule has 0 bridgehead atoms. The van der Waals surface area contributed by atoms with E-state index in [2.05, 4.69) is 28.8 Å². The maximum atomic E-state index is 12.9. The van der Waals surface area contributed by atoms with Gasteiger partial charge in [0.25, 0.3) is 5.88 Å². The Morgan fingerprint density at radius 2 is 1.92 bits per heavy atom. The summed E-state index contributed by atoms with van der Waals surface area (Å²) in [7, 11) is 2.12. The van der Waals surface area contributed by atoms with Crippen molar-refractivity contribution >= 4 is 29.2 Å². The van der Waals surface area contributed by atoms with Crippen molar-refractivity contribution < 1.29 is 52.3 Å². The van der Waals surface area contributed by atoms with Crippen LogP contribution in [0.5, 0.6) is 11.6 Å². The predicted octanol–water partition coefficient (Wildman–Crippen LogP) is 2.18. The van der Waals surface area contributed by atoms with Crippen LogP contribution in [0.15, 0.2) is 30.3 Å². The number of nitrogens with zero attached hydrogens (tertiary/aromatic N) is 3. The zero-order valence-electron chi connectivity index (χ0n) is 22.2. The Morgan fingerprint density at radius 1 is 1.14 bits per heavy atom. The largest absolute Gasteiger partial charge is 1.00 e. The fourth-order valence-electron chi connectivity index (χ4n) is 4.56. The smallest absolute Gasteiger partial charge is 0.314 e. The number of benzene rings is 1. The van der Waals surface area contributed by atoms with E-state index >= 15 is 0 Å². The number of aromatic nitrogens is 2. The van der Waals surface area contributed by atoms with E-state index in [-0.39, 0.29) is 42.6 Å². The van der Waals surface area contributed by atoms with Crippen LogP contribution in [-0.4, -0.2) is 58.1 Å². The van der Waals surface area contributed by atoms with Gasteiger partial charge in [-0.15, -0.1) is 4.37 Å². The molecule has 1 aliphatic rings. The molecular formula is C27H38IN3O5S. The van der Waals surface area contributed by atoms with E-state index in [9.17, 15) is 9.59 Å². The lowest BCUT2D eigenvalue weighted by atomic mass is 10.0. The van der Waals surface area contributed by atoms with Crippen LogP contribution in [-0.2, 0) is 20.7 Å². The van der Waals surface area contributed by atoms with E-state index in [0.29, 0.717) is 41.2 Å². The summed E-state index contributed by atoms with van der Waals surface area (Å²) < 4.78 is 26.7. The number of hydrogen-bond acceptors (Lipinski definition) is 8. The molecule has 8 nitrogen and oxygen atoms in total. The van der Waals surface area contributed by atoms with Crippen LogP contribution in [0.1, 0.15) is 70.6 Å². The lowest BCUT2D eigenvalue weighted by Crippen LogP contribution is -3.00. The van der Waals surface area contributed by atoms with Crippen LogP contribution in [0.2, 0.25) is 0 Å². The second-order valence-electron chi connectivity index (χ2n) is 9.44. The summed E-state index contributed by atoms with van der Waals surface area (Å²) in [6, 6.07) is 7.04. The Labute approximate surface area is 241 Å². The molecule has 2 aromatic rings. The average Bonchev–Trinajstić information content (AvgIpc) is 3.32. The van der Waals surface area contributed by atoms with Crippen LogP contribution in [0.3, 0.4) is 0 Å². The van der Waals surface area contributed by atoms with Crippen LogP contribution in [0.4, 0.5) is 0 Å². The number of rotatable bonds is 13. The van der Waals surface area contributed by atoms with Gasteiger partial charge in [0, 0.05) is 30.9 Å². The van der Waals surface area contributed by atoms with Gasteiger partial charge in [0.2, 0.25) is 6.23 Å². The third kappa shape index (κ3) is 9.03. The monoisotopic (exact) mass is 643 g/mol. The highest BCUT2D eigenvalue weighted by Gasteiger charge is 2.38. The van der Waals surface area contributed by atoms with Gasteiger partial charge < -0.3 is 38.2 Å². The predicted molar refractivity (Wildman–Crippen MR) is 140 cm³/mol. The van der Waals surface area contributed by atoms with Crippen LogP contribution in [0.25, 0.3) is 5.57 Å². The maximum Gasteiger partial charge on any atom is 0.314 e. The van der Waals surface area contributed by atoms with Gasteiger partial charge in [-0.3, -0.25) is 14.1 Å². The molecule has 1 aromatic carbocycles. The number of likely N-dealkylation sites (N-methyl/N-ethyl adjacent to an activating group) is 1. The highest BCUT2D eigenvalue weighted by Crippen LogP contribution is 2.32. The van der Waals surface area contributed by atoms with Crippen molar-refractivity contribution in [3.05, 3.63) is 41.6 Å². The molecular weight excluding hydrogens is 605 g/mol. The molecule has 2 heterocycles. The lowest BCUT2D eigenvalue weighted by Gasteiger charge is -2.42. The van der Waals surface area contributed by atoms with Crippen molar-refractivity contribution in [2.24, 2.45) is 0 Å². The SMILES string of the molecule is CCCCCCOc1nsnc1C1=CCC[N+](C)(C(CC)OC(=O)Cc2ccccc2OC(C)=O)C1.[I-]. The Hall–Kier alpha value is -2.05. The molecule has 0 saturated carbocycles. The second kappa shape index (κ2) is 15.4. The molecule has 0 N–H and O–H groups in total. The second-order valence-corrected chi connectivity index (χ2v) is 9.97. The minimum atomic E-state index is -0.422. The fourth-order valence-corrected chi connectivity index (χ4v) is 5.09. The molecule has 0 amide bonds. The topological polar surface area (TPSA) is 87.6 Å². The van der Waals surface area contributed by atoms with E-state index in [1.54, 1.807) is 18.2 Å². The molecule has 0 saturated heterocycles. The minimum absolute atomic E-state index is 0. The number of quaternary nitrogens is 1. The summed E-state index contributed by atoms with van der Waals surface area (Å²) in [5, 5.41) is 0. The zero-order valence-corrected chi connectivity index (χ0v) is 25.2. The first-order valence-corrected chi connectivity index (χ1v) is 13.5. The number of ether oxygens (including phenoxy) is 3. The third-order valence-corrected chi connectivity index (χ3v) is 6.95. The molecule has 204 valence electrons. The quantitative estimate of drug-likeness (QED) is 0.109. The zero-order chi connectivity index (χ0) is 26.0. The Morgan fingerprint density at radius 3 is 2.65 bits per heavy atom. The molecule has 1 aliphatic heterocycles. The van der Waals surface area contributed by atoms with E-state index in [1.807, 2.05) is 13.0 Å². The Balaban J connectivity index is 0.00000481.